The maximum atomic E-state index is 11.5. The summed E-state index contributed by atoms with van der Waals surface area (Å²) in [6, 6.07) is 7.31. The molecule has 1 unspecified atom stereocenters. The monoisotopic (exact) mass is 328 g/mol. The van der Waals surface area contributed by atoms with E-state index in [0.29, 0.717) is 6.54 Å². The minimum Gasteiger partial charge on any atom is -0.497 e. The number of rotatable bonds is 3. The van der Waals surface area contributed by atoms with E-state index >= 15 is 0 Å². The quantitative estimate of drug-likeness (QED) is 0.790. The van der Waals surface area contributed by atoms with Crippen molar-refractivity contribution in [3.8, 4) is 5.75 Å². The van der Waals surface area contributed by atoms with Crippen molar-refractivity contribution in [1.29, 1.82) is 0 Å². The highest BCUT2D eigenvalue weighted by Crippen LogP contribution is 2.37. The molecule has 1 aliphatic heterocycles. The number of nitrogens with one attached hydrogen (secondary N) is 2. The number of nitrogens with zero attached hydrogens (tertiary/aromatic N) is 1. The minimum atomic E-state index is -0.375. The molecule has 4 N–H and O–H groups in total. The van der Waals surface area contributed by atoms with Crippen LogP contribution in [0.5, 0.6) is 5.75 Å². The van der Waals surface area contributed by atoms with Crippen LogP contribution in [0.3, 0.4) is 0 Å². The van der Waals surface area contributed by atoms with Gasteiger partial charge in [-0.25, -0.2) is 0 Å². The van der Waals surface area contributed by atoms with Gasteiger partial charge in [-0.05, 0) is 42.5 Å². The van der Waals surface area contributed by atoms with Crippen molar-refractivity contribution >= 4 is 17.3 Å². The highest BCUT2D eigenvalue weighted by atomic mass is 16.5. The Morgan fingerprint density at radius 1 is 1.29 bits per heavy atom. The molecule has 0 fully saturated rings. The van der Waals surface area contributed by atoms with Gasteiger partial charge in [0.25, 0.3) is 0 Å². The van der Waals surface area contributed by atoms with Gasteiger partial charge in [0.2, 0.25) is 5.91 Å². The Balaban J connectivity index is 1.94. The lowest BCUT2D eigenvalue weighted by molar-refractivity contribution is -0.119. The van der Waals surface area contributed by atoms with Crippen molar-refractivity contribution in [3.63, 3.8) is 0 Å². The van der Waals surface area contributed by atoms with Crippen LogP contribution in [0.1, 0.15) is 26.7 Å². The number of carbonyl (C=O) groups is 1. The molecule has 0 radical (unpaired) electrons. The van der Waals surface area contributed by atoms with Crippen molar-refractivity contribution < 1.29 is 9.53 Å². The molecule has 0 aromatic heterocycles. The molecule has 3 rings (SSSR count). The Morgan fingerprint density at radius 3 is 2.62 bits per heavy atom. The first kappa shape index (κ1) is 16.4. The Hall–Kier alpha value is -2.50. The third-order valence-corrected chi connectivity index (χ3v) is 4.40. The second-order valence-electron chi connectivity index (χ2n) is 7.11. The van der Waals surface area contributed by atoms with Crippen LogP contribution >= 0.6 is 0 Å². The first-order valence-electron chi connectivity index (χ1n) is 8.13. The summed E-state index contributed by atoms with van der Waals surface area (Å²) in [5.74, 6) is 0.468. The highest BCUT2D eigenvalue weighted by molar-refractivity contribution is 6.03. The summed E-state index contributed by atoms with van der Waals surface area (Å²) in [5.41, 5.74) is 9.41. The van der Waals surface area contributed by atoms with Crippen molar-refractivity contribution in [3.05, 3.63) is 35.7 Å². The van der Waals surface area contributed by atoms with Crippen molar-refractivity contribution in [2.75, 3.05) is 13.7 Å². The SMILES string of the molecule is COc1ccc(/N=C2\CC(C)(C)CC3=C2NCC(C(N)=O)N3)cc1. The Kier molecular flexibility index (Phi) is 4.22. The molecule has 1 aromatic carbocycles. The van der Waals surface area contributed by atoms with Gasteiger partial charge in [-0.1, -0.05) is 13.8 Å². The molecule has 2 aliphatic rings. The summed E-state index contributed by atoms with van der Waals surface area (Å²) in [4.78, 5) is 16.3. The average Bonchev–Trinajstić information content (AvgIpc) is 2.54. The number of amides is 1. The maximum absolute atomic E-state index is 11.5. The van der Waals surface area contributed by atoms with Crippen LogP contribution in [0, 0.1) is 5.41 Å². The molecule has 6 heteroatoms. The van der Waals surface area contributed by atoms with Gasteiger partial charge in [-0.2, -0.15) is 0 Å². The van der Waals surface area contributed by atoms with Crippen molar-refractivity contribution in [2.45, 2.75) is 32.7 Å². The molecule has 0 bridgehead atoms. The smallest absolute Gasteiger partial charge is 0.241 e. The van der Waals surface area contributed by atoms with E-state index in [1.807, 2.05) is 24.3 Å². The summed E-state index contributed by atoms with van der Waals surface area (Å²) in [7, 11) is 1.65. The van der Waals surface area contributed by atoms with Crippen LogP contribution < -0.4 is 21.1 Å². The zero-order valence-corrected chi connectivity index (χ0v) is 14.3. The average molecular weight is 328 g/mol. The normalized spacial score (nSPS) is 24.0. The summed E-state index contributed by atoms with van der Waals surface area (Å²) in [6.45, 7) is 4.89. The number of methoxy groups -OCH3 is 1. The van der Waals surface area contributed by atoms with Gasteiger partial charge in [0.05, 0.1) is 24.2 Å². The van der Waals surface area contributed by atoms with Crippen LogP contribution in [-0.2, 0) is 4.79 Å². The fourth-order valence-corrected chi connectivity index (χ4v) is 3.22. The van der Waals surface area contributed by atoms with Gasteiger partial charge in [-0.15, -0.1) is 0 Å². The third kappa shape index (κ3) is 3.37. The number of nitrogens with two attached hydrogens (primary N) is 1. The van der Waals surface area contributed by atoms with Crippen LogP contribution in [-0.4, -0.2) is 31.3 Å². The first-order valence-corrected chi connectivity index (χ1v) is 8.13. The lowest BCUT2D eigenvalue weighted by atomic mass is 9.76. The maximum Gasteiger partial charge on any atom is 0.241 e. The Labute approximate surface area is 142 Å². The number of benzene rings is 1. The fraction of sp³-hybridized carbons (Fsp3) is 0.444. The molecular weight excluding hydrogens is 304 g/mol. The van der Waals surface area contributed by atoms with E-state index in [9.17, 15) is 4.79 Å². The molecule has 128 valence electrons. The van der Waals surface area contributed by atoms with Gasteiger partial charge in [-0.3, -0.25) is 9.79 Å². The zero-order chi connectivity index (χ0) is 17.3. The number of hydrogen-bond donors (Lipinski definition) is 3. The zero-order valence-electron chi connectivity index (χ0n) is 14.3. The summed E-state index contributed by atoms with van der Waals surface area (Å²) >= 11 is 0. The van der Waals surface area contributed by atoms with Gasteiger partial charge >= 0.3 is 0 Å². The largest absolute Gasteiger partial charge is 0.497 e. The Bertz CT molecular complexity index is 704. The molecule has 1 atom stereocenters. The molecule has 1 amide bonds. The molecule has 0 spiro atoms. The second kappa shape index (κ2) is 6.19. The first-order chi connectivity index (χ1) is 11.4. The minimum absolute atomic E-state index is 0.0678. The van der Waals surface area contributed by atoms with Gasteiger partial charge < -0.3 is 21.1 Å². The van der Waals surface area contributed by atoms with Crippen LogP contribution in [0.25, 0.3) is 0 Å². The fourth-order valence-electron chi connectivity index (χ4n) is 3.22. The Morgan fingerprint density at radius 2 is 2.00 bits per heavy atom. The summed E-state index contributed by atoms with van der Waals surface area (Å²) in [6.07, 6.45) is 1.73. The van der Waals surface area contributed by atoms with E-state index in [2.05, 4.69) is 24.5 Å². The van der Waals surface area contributed by atoms with E-state index in [1.165, 1.54) is 0 Å². The predicted octanol–water partition coefficient (Wildman–Crippen LogP) is 1.85. The number of ether oxygens (including phenoxy) is 1. The van der Waals surface area contributed by atoms with Crippen molar-refractivity contribution in [2.24, 2.45) is 16.1 Å². The predicted molar refractivity (Wildman–Crippen MR) is 94.3 cm³/mol. The summed E-state index contributed by atoms with van der Waals surface area (Å²) in [5, 5.41) is 6.63. The number of aliphatic imine (C=N–C) groups is 1. The van der Waals surface area contributed by atoms with Crippen molar-refractivity contribution in [1.82, 2.24) is 10.6 Å². The highest BCUT2D eigenvalue weighted by Gasteiger charge is 2.35. The lowest BCUT2D eigenvalue weighted by Crippen LogP contribution is -2.54. The molecule has 0 saturated carbocycles. The number of allylic oxidation sites excluding steroid dienone is 2. The topological polar surface area (TPSA) is 88.7 Å². The van der Waals surface area contributed by atoms with Gasteiger partial charge in [0.15, 0.2) is 0 Å². The van der Waals surface area contributed by atoms with E-state index < -0.39 is 0 Å². The second-order valence-corrected chi connectivity index (χ2v) is 7.11. The van der Waals surface area contributed by atoms with E-state index in [1.54, 1.807) is 7.11 Å². The van der Waals surface area contributed by atoms with E-state index in [4.69, 9.17) is 15.5 Å². The van der Waals surface area contributed by atoms with Crippen LogP contribution in [0.2, 0.25) is 0 Å². The molecule has 1 aromatic rings. The molecule has 0 saturated heterocycles. The number of primary amides is 1. The van der Waals surface area contributed by atoms with Crippen LogP contribution in [0.15, 0.2) is 40.7 Å². The molecule has 24 heavy (non-hydrogen) atoms. The summed E-state index contributed by atoms with van der Waals surface area (Å²) < 4.78 is 5.19. The third-order valence-electron chi connectivity index (χ3n) is 4.40. The molecular formula is C18H24N4O2. The molecule has 1 heterocycles. The van der Waals surface area contributed by atoms with Gasteiger partial charge in [0.1, 0.15) is 11.8 Å². The number of hydrogen-bond acceptors (Lipinski definition) is 5. The van der Waals surface area contributed by atoms with Gasteiger partial charge in [0, 0.05) is 12.2 Å². The standard InChI is InChI=1S/C18H24N4O2/c1-18(2)8-13(21-11-4-6-12(24-3)7-5-11)16-14(9-18)22-15(10-20-16)17(19)23/h4-7,15,20,22H,8-10H2,1-3H3,(H2,19,23)/b21-13+. The molecule has 6 nitrogen and oxygen atoms in total. The van der Waals surface area contributed by atoms with Crippen LogP contribution in [0.4, 0.5) is 5.69 Å². The number of carbonyl (C=O) groups excluding carboxylic acids is 1. The lowest BCUT2D eigenvalue weighted by Gasteiger charge is -2.39. The van der Waals surface area contributed by atoms with E-state index in [0.717, 1.165) is 41.4 Å². The van der Waals surface area contributed by atoms with E-state index in [-0.39, 0.29) is 17.4 Å². The molecule has 1 aliphatic carbocycles.